The highest BCUT2D eigenvalue weighted by molar-refractivity contribution is 5.78. The van der Waals surface area contributed by atoms with Gasteiger partial charge in [0.2, 0.25) is 0 Å². The van der Waals surface area contributed by atoms with Crippen LogP contribution in [0.5, 0.6) is 0 Å². The van der Waals surface area contributed by atoms with Crippen LogP contribution in [-0.2, 0) is 0 Å². The molecule has 0 aliphatic heterocycles. The Bertz CT molecular complexity index is 738. The summed E-state index contributed by atoms with van der Waals surface area (Å²) >= 11 is 0. The van der Waals surface area contributed by atoms with Crippen molar-refractivity contribution in [1.29, 1.82) is 0 Å². The van der Waals surface area contributed by atoms with Crippen molar-refractivity contribution in [2.75, 3.05) is 5.73 Å². The van der Waals surface area contributed by atoms with Crippen LogP contribution in [-0.4, -0.2) is 15.0 Å². The van der Waals surface area contributed by atoms with Crippen molar-refractivity contribution >= 4 is 29.0 Å². The predicted molar refractivity (Wildman–Crippen MR) is 78.3 cm³/mol. The molecule has 0 unspecified atom stereocenters. The van der Waals surface area contributed by atoms with Crippen molar-refractivity contribution in [2.45, 2.75) is 6.92 Å². The Kier molecular flexibility index (Phi) is 2.76. The molecule has 0 spiro atoms. The average molecular weight is 250 g/mol. The minimum absolute atomic E-state index is 0.696. The highest BCUT2D eigenvalue weighted by Crippen LogP contribution is 2.13. The Morgan fingerprint density at radius 1 is 1.00 bits per heavy atom. The largest absolute Gasteiger partial charge is 0.399 e. The van der Waals surface area contributed by atoms with Crippen LogP contribution in [0, 0.1) is 6.92 Å². The molecular formula is C15H14N4. The molecule has 0 radical (unpaired) electrons. The van der Waals surface area contributed by atoms with Crippen LogP contribution in [0.15, 0.2) is 42.5 Å². The number of aromatic nitrogens is 3. The van der Waals surface area contributed by atoms with E-state index in [1.54, 1.807) is 4.80 Å². The first kappa shape index (κ1) is 11.5. The van der Waals surface area contributed by atoms with Crippen molar-refractivity contribution in [1.82, 2.24) is 15.0 Å². The van der Waals surface area contributed by atoms with Gasteiger partial charge in [-0.2, -0.15) is 4.80 Å². The molecule has 0 bridgehead atoms. The third-order valence-corrected chi connectivity index (χ3v) is 2.90. The molecule has 0 atom stereocenters. The zero-order valence-corrected chi connectivity index (χ0v) is 10.6. The van der Waals surface area contributed by atoms with E-state index in [4.69, 9.17) is 5.73 Å². The van der Waals surface area contributed by atoms with E-state index in [-0.39, 0.29) is 0 Å². The Hall–Kier alpha value is -2.62. The van der Waals surface area contributed by atoms with Crippen LogP contribution < -0.4 is 5.73 Å². The number of rotatable bonds is 2. The fraction of sp³-hybridized carbons (Fsp3) is 0.0667. The molecule has 19 heavy (non-hydrogen) atoms. The van der Waals surface area contributed by atoms with E-state index in [2.05, 4.69) is 41.4 Å². The average Bonchev–Trinajstić information content (AvgIpc) is 2.80. The van der Waals surface area contributed by atoms with Gasteiger partial charge in [0.1, 0.15) is 11.0 Å². The summed E-state index contributed by atoms with van der Waals surface area (Å²) < 4.78 is 0. The Morgan fingerprint density at radius 3 is 2.53 bits per heavy atom. The maximum absolute atomic E-state index is 5.72. The lowest BCUT2D eigenvalue weighted by molar-refractivity contribution is 0.814. The van der Waals surface area contributed by atoms with Gasteiger partial charge in [0.15, 0.2) is 0 Å². The van der Waals surface area contributed by atoms with Gasteiger partial charge in [-0.25, -0.2) is 0 Å². The molecule has 0 amide bonds. The number of hydrogen-bond acceptors (Lipinski definition) is 3. The predicted octanol–water partition coefficient (Wildman–Crippen LogP) is 2.95. The summed E-state index contributed by atoms with van der Waals surface area (Å²) in [5, 5.41) is 8.69. The number of nitrogens with zero attached hydrogens (tertiary/aromatic N) is 3. The second-order valence-corrected chi connectivity index (χ2v) is 4.49. The zero-order chi connectivity index (χ0) is 13.2. The lowest BCUT2D eigenvalue weighted by Gasteiger charge is -1.94. The van der Waals surface area contributed by atoms with Gasteiger partial charge < -0.3 is 5.73 Å². The number of benzene rings is 2. The van der Waals surface area contributed by atoms with Crippen molar-refractivity contribution in [3.63, 3.8) is 0 Å². The molecule has 0 fully saturated rings. The van der Waals surface area contributed by atoms with Crippen LogP contribution in [0.25, 0.3) is 23.3 Å². The van der Waals surface area contributed by atoms with Crippen molar-refractivity contribution in [2.24, 2.45) is 0 Å². The second-order valence-electron chi connectivity index (χ2n) is 4.49. The summed E-state index contributed by atoms with van der Waals surface area (Å²) in [4.78, 5) is 1.56. The third kappa shape index (κ3) is 2.47. The molecule has 0 saturated heterocycles. The fourth-order valence-electron chi connectivity index (χ4n) is 1.85. The summed E-state index contributed by atoms with van der Waals surface area (Å²) in [6, 6.07) is 13.8. The van der Waals surface area contributed by atoms with E-state index in [1.165, 1.54) is 5.56 Å². The van der Waals surface area contributed by atoms with Crippen LogP contribution >= 0.6 is 0 Å². The molecule has 1 heterocycles. The number of anilines is 1. The SMILES string of the molecule is Cc1ccc(C=Cn2nc3ccc(N)cc3n2)cc1. The van der Waals surface area contributed by atoms with Gasteiger partial charge in [-0.05, 0) is 36.8 Å². The lowest BCUT2D eigenvalue weighted by atomic mass is 10.1. The van der Waals surface area contributed by atoms with Gasteiger partial charge in [-0.15, -0.1) is 10.2 Å². The Labute approximate surface area is 111 Å². The van der Waals surface area contributed by atoms with Gasteiger partial charge >= 0.3 is 0 Å². The van der Waals surface area contributed by atoms with Crippen LogP contribution in [0.1, 0.15) is 11.1 Å². The van der Waals surface area contributed by atoms with Crippen LogP contribution in [0.3, 0.4) is 0 Å². The van der Waals surface area contributed by atoms with Crippen molar-refractivity contribution in [3.8, 4) is 0 Å². The second kappa shape index (κ2) is 4.57. The normalized spacial score (nSPS) is 11.4. The molecular weight excluding hydrogens is 236 g/mol. The molecule has 4 nitrogen and oxygen atoms in total. The molecule has 3 rings (SSSR count). The van der Waals surface area contributed by atoms with Crippen molar-refractivity contribution < 1.29 is 0 Å². The van der Waals surface area contributed by atoms with Gasteiger partial charge in [0.25, 0.3) is 0 Å². The Balaban J connectivity index is 1.90. The van der Waals surface area contributed by atoms with E-state index >= 15 is 0 Å². The van der Waals surface area contributed by atoms with Gasteiger partial charge in [0.05, 0.1) is 6.20 Å². The lowest BCUT2D eigenvalue weighted by Crippen LogP contribution is -1.90. The number of nitrogen functional groups attached to an aromatic ring is 1. The van der Waals surface area contributed by atoms with E-state index in [9.17, 15) is 0 Å². The molecule has 2 aromatic carbocycles. The molecule has 3 aromatic rings. The summed E-state index contributed by atoms with van der Waals surface area (Å²) in [7, 11) is 0. The fourth-order valence-corrected chi connectivity index (χ4v) is 1.85. The monoisotopic (exact) mass is 250 g/mol. The molecule has 0 saturated carbocycles. The first-order valence-electron chi connectivity index (χ1n) is 6.08. The van der Waals surface area contributed by atoms with Crippen molar-refractivity contribution in [3.05, 3.63) is 53.6 Å². The highest BCUT2D eigenvalue weighted by atomic mass is 15.5. The van der Waals surface area contributed by atoms with E-state index in [0.29, 0.717) is 5.69 Å². The van der Waals surface area contributed by atoms with Gasteiger partial charge in [0, 0.05) is 5.69 Å². The first-order chi connectivity index (χ1) is 9.20. The molecule has 0 aliphatic rings. The highest BCUT2D eigenvalue weighted by Gasteiger charge is 2.00. The maximum Gasteiger partial charge on any atom is 0.115 e. The quantitative estimate of drug-likeness (QED) is 0.711. The van der Waals surface area contributed by atoms with E-state index in [0.717, 1.165) is 16.6 Å². The molecule has 94 valence electrons. The van der Waals surface area contributed by atoms with E-state index < -0.39 is 0 Å². The summed E-state index contributed by atoms with van der Waals surface area (Å²) in [5.74, 6) is 0. The summed E-state index contributed by atoms with van der Waals surface area (Å²) in [6.07, 6.45) is 3.81. The molecule has 2 N–H and O–H groups in total. The zero-order valence-electron chi connectivity index (χ0n) is 10.6. The number of nitrogens with two attached hydrogens (primary N) is 1. The van der Waals surface area contributed by atoms with Crippen LogP contribution in [0.4, 0.5) is 5.69 Å². The van der Waals surface area contributed by atoms with Gasteiger partial charge in [-0.1, -0.05) is 29.8 Å². The smallest absolute Gasteiger partial charge is 0.115 e. The Morgan fingerprint density at radius 2 is 1.74 bits per heavy atom. The molecule has 1 aromatic heterocycles. The standard InChI is InChI=1S/C15H14N4/c1-11-2-4-12(5-3-11)8-9-19-17-14-7-6-13(16)10-15(14)18-19/h2-10H,16H2,1H3. The molecule has 0 aliphatic carbocycles. The number of hydrogen-bond donors (Lipinski definition) is 1. The number of aryl methyl sites for hydroxylation is 1. The topological polar surface area (TPSA) is 56.7 Å². The molecule has 4 heteroatoms. The summed E-state index contributed by atoms with van der Waals surface area (Å²) in [5.41, 5.74) is 10.4. The van der Waals surface area contributed by atoms with Gasteiger partial charge in [-0.3, -0.25) is 0 Å². The van der Waals surface area contributed by atoms with E-state index in [1.807, 2.05) is 30.5 Å². The minimum atomic E-state index is 0.696. The third-order valence-electron chi connectivity index (χ3n) is 2.90. The minimum Gasteiger partial charge on any atom is -0.399 e. The van der Waals surface area contributed by atoms with Crippen LogP contribution in [0.2, 0.25) is 0 Å². The number of fused-ring (bicyclic) bond motifs is 1. The summed E-state index contributed by atoms with van der Waals surface area (Å²) in [6.45, 7) is 2.07. The first-order valence-corrected chi connectivity index (χ1v) is 6.08. The maximum atomic E-state index is 5.72.